The van der Waals surface area contributed by atoms with Crippen LogP contribution in [0.5, 0.6) is 0 Å². The summed E-state index contributed by atoms with van der Waals surface area (Å²) in [4.78, 5) is 22.5. The van der Waals surface area contributed by atoms with Gasteiger partial charge in [-0.25, -0.2) is 14.6 Å². The van der Waals surface area contributed by atoms with Gasteiger partial charge in [-0.3, -0.25) is 4.79 Å². The number of aromatic nitrogens is 4. The average Bonchev–Trinajstić information content (AvgIpc) is 3.52. The van der Waals surface area contributed by atoms with Gasteiger partial charge < -0.3 is 9.73 Å². The highest BCUT2D eigenvalue weighted by molar-refractivity contribution is 6.06. The molecule has 0 spiro atoms. The van der Waals surface area contributed by atoms with Gasteiger partial charge in [0.05, 0.1) is 29.0 Å². The molecule has 2 aromatic carbocycles. The Labute approximate surface area is 191 Å². The topological polar surface area (TPSA) is 85.8 Å². The van der Waals surface area contributed by atoms with Crippen molar-refractivity contribution in [3.05, 3.63) is 90.6 Å². The first-order chi connectivity index (χ1) is 16.1. The quantitative estimate of drug-likeness (QED) is 0.391. The highest BCUT2D eigenvalue weighted by Gasteiger charge is 2.21. The molecule has 1 unspecified atom stereocenters. The fraction of sp³-hybridized carbons (Fsp3) is 0.154. The fourth-order valence-electron chi connectivity index (χ4n) is 3.78. The molecule has 1 atom stereocenters. The van der Waals surface area contributed by atoms with E-state index in [-0.39, 0.29) is 5.91 Å². The van der Waals surface area contributed by atoms with E-state index >= 15 is 0 Å². The van der Waals surface area contributed by atoms with E-state index in [9.17, 15) is 4.79 Å². The molecule has 0 fully saturated rings. The maximum Gasteiger partial charge on any atom is 0.252 e. The first-order valence-corrected chi connectivity index (χ1v) is 10.9. The number of aryl methyl sites for hydroxylation is 1. The Bertz CT molecular complexity index is 1410. The second-order valence-electron chi connectivity index (χ2n) is 7.74. The standard InChI is InChI=1S/C26H23N5O2/c1-3-31-24-21(15-28-31)20(14-22(30-24)18-10-6-4-7-11-18)25(32)29-17(2)26-27-16-23(33-26)19-12-8-5-9-13-19/h4-17H,3H2,1-2H3,(H,29,32). The van der Waals surface area contributed by atoms with Crippen LogP contribution in [0.1, 0.15) is 36.1 Å². The van der Waals surface area contributed by atoms with Crippen molar-refractivity contribution in [2.24, 2.45) is 0 Å². The molecule has 5 aromatic rings. The highest BCUT2D eigenvalue weighted by atomic mass is 16.4. The molecule has 0 bridgehead atoms. The van der Waals surface area contributed by atoms with Crippen LogP contribution in [-0.2, 0) is 6.54 Å². The van der Waals surface area contributed by atoms with Crippen LogP contribution >= 0.6 is 0 Å². The molecule has 1 N–H and O–H groups in total. The number of nitrogens with one attached hydrogen (secondary N) is 1. The van der Waals surface area contributed by atoms with Crippen LogP contribution in [0.2, 0.25) is 0 Å². The molecule has 33 heavy (non-hydrogen) atoms. The van der Waals surface area contributed by atoms with Crippen LogP contribution < -0.4 is 5.32 Å². The lowest BCUT2D eigenvalue weighted by Crippen LogP contribution is -2.27. The number of benzene rings is 2. The summed E-state index contributed by atoms with van der Waals surface area (Å²) < 4.78 is 7.71. The average molecular weight is 438 g/mol. The van der Waals surface area contributed by atoms with Gasteiger partial charge in [0.15, 0.2) is 11.4 Å². The van der Waals surface area contributed by atoms with Crippen LogP contribution in [0.25, 0.3) is 33.6 Å². The Morgan fingerprint density at radius 3 is 2.42 bits per heavy atom. The van der Waals surface area contributed by atoms with Gasteiger partial charge in [-0.2, -0.15) is 5.10 Å². The number of pyridine rings is 1. The van der Waals surface area contributed by atoms with E-state index in [2.05, 4.69) is 15.4 Å². The number of hydrogen-bond acceptors (Lipinski definition) is 5. The van der Waals surface area contributed by atoms with Crippen LogP contribution in [0.4, 0.5) is 0 Å². The molecule has 164 valence electrons. The van der Waals surface area contributed by atoms with Crippen molar-refractivity contribution >= 4 is 16.9 Å². The Balaban J connectivity index is 1.47. The molecule has 5 rings (SSSR count). The van der Waals surface area contributed by atoms with E-state index in [4.69, 9.17) is 9.40 Å². The molecule has 0 radical (unpaired) electrons. The lowest BCUT2D eigenvalue weighted by molar-refractivity contribution is 0.0936. The zero-order valence-electron chi connectivity index (χ0n) is 18.4. The zero-order chi connectivity index (χ0) is 22.8. The number of fused-ring (bicyclic) bond motifs is 1. The lowest BCUT2D eigenvalue weighted by atomic mass is 10.1. The Morgan fingerprint density at radius 2 is 1.73 bits per heavy atom. The number of hydrogen-bond donors (Lipinski definition) is 1. The number of oxazole rings is 1. The summed E-state index contributed by atoms with van der Waals surface area (Å²) in [6.07, 6.45) is 3.37. The molecule has 0 aliphatic carbocycles. The monoisotopic (exact) mass is 437 g/mol. The van der Waals surface area contributed by atoms with Gasteiger partial charge in [-0.05, 0) is 19.9 Å². The minimum Gasteiger partial charge on any atom is -0.438 e. The number of carbonyl (C=O) groups excluding carboxylic acids is 1. The molecular formula is C26H23N5O2. The van der Waals surface area contributed by atoms with E-state index in [0.717, 1.165) is 16.8 Å². The minimum absolute atomic E-state index is 0.234. The first-order valence-electron chi connectivity index (χ1n) is 10.9. The van der Waals surface area contributed by atoms with E-state index < -0.39 is 6.04 Å². The highest BCUT2D eigenvalue weighted by Crippen LogP contribution is 2.26. The van der Waals surface area contributed by atoms with Gasteiger partial charge in [0.1, 0.15) is 6.04 Å². The summed E-state index contributed by atoms with van der Waals surface area (Å²) in [6, 6.07) is 20.9. The summed E-state index contributed by atoms with van der Waals surface area (Å²) in [6.45, 7) is 4.51. The SMILES string of the molecule is CCn1ncc2c(C(=O)NC(C)c3ncc(-c4ccccc4)o3)cc(-c3ccccc3)nc21. The van der Waals surface area contributed by atoms with E-state index in [1.54, 1.807) is 17.1 Å². The van der Waals surface area contributed by atoms with Crippen LogP contribution in [0.3, 0.4) is 0 Å². The normalized spacial score (nSPS) is 12.1. The molecule has 0 aliphatic heterocycles. The molecular weight excluding hydrogens is 414 g/mol. The smallest absolute Gasteiger partial charge is 0.252 e. The molecule has 0 aliphatic rings. The number of nitrogens with zero attached hydrogens (tertiary/aromatic N) is 4. The van der Waals surface area contributed by atoms with Crippen LogP contribution in [0.15, 0.2) is 83.5 Å². The van der Waals surface area contributed by atoms with Crippen molar-refractivity contribution in [3.8, 4) is 22.6 Å². The van der Waals surface area contributed by atoms with Gasteiger partial charge in [0, 0.05) is 17.7 Å². The Kier molecular flexibility index (Phi) is 5.44. The van der Waals surface area contributed by atoms with Crippen LogP contribution in [0, 0.1) is 0 Å². The van der Waals surface area contributed by atoms with Crippen molar-refractivity contribution in [3.63, 3.8) is 0 Å². The number of amides is 1. The molecule has 3 heterocycles. The molecule has 3 aromatic heterocycles. The summed E-state index contributed by atoms with van der Waals surface area (Å²) in [5.74, 6) is 0.871. The van der Waals surface area contributed by atoms with Crippen molar-refractivity contribution < 1.29 is 9.21 Å². The lowest BCUT2D eigenvalue weighted by Gasteiger charge is -2.12. The predicted octanol–water partition coefficient (Wildman–Crippen LogP) is 5.26. The van der Waals surface area contributed by atoms with Crippen molar-refractivity contribution in [1.29, 1.82) is 0 Å². The third-order valence-corrected chi connectivity index (χ3v) is 5.52. The number of rotatable bonds is 6. The third-order valence-electron chi connectivity index (χ3n) is 5.52. The van der Waals surface area contributed by atoms with E-state index in [1.807, 2.05) is 80.6 Å². The molecule has 1 amide bonds. The summed E-state index contributed by atoms with van der Waals surface area (Å²) >= 11 is 0. The van der Waals surface area contributed by atoms with Gasteiger partial charge in [-0.15, -0.1) is 0 Å². The second kappa shape index (κ2) is 8.70. The minimum atomic E-state index is -0.417. The second-order valence-corrected chi connectivity index (χ2v) is 7.74. The predicted molar refractivity (Wildman–Crippen MR) is 126 cm³/mol. The largest absolute Gasteiger partial charge is 0.438 e. The Morgan fingerprint density at radius 1 is 1.03 bits per heavy atom. The van der Waals surface area contributed by atoms with Gasteiger partial charge >= 0.3 is 0 Å². The summed E-state index contributed by atoms with van der Waals surface area (Å²) in [5.41, 5.74) is 3.79. The van der Waals surface area contributed by atoms with Crippen molar-refractivity contribution in [2.75, 3.05) is 0 Å². The van der Waals surface area contributed by atoms with Gasteiger partial charge in [0.2, 0.25) is 5.89 Å². The van der Waals surface area contributed by atoms with E-state index in [0.29, 0.717) is 34.8 Å². The molecule has 7 nitrogen and oxygen atoms in total. The number of carbonyl (C=O) groups is 1. The van der Waals surface area contributed by atoms with Gasteiger partial charge in [0.25, 0.3) is 5.91 Å². The maximum absolute atomic E-state index is 13.4. The summed E-state index contributed by atoms with van der Waals surface area (Å²) in [7, 11) is 0. The van der Waals surface area contributed by atoms with Gasteiger partial charge in [-0.1, -0.05) is 60.7 Å². The van der Waals surface area contributed by atoms with Crippen molar-refractivity contribution in [1.82, 2.24) is 25.1 Å². The third kappa shape index (κ3) is 4.01. The molecule has 0 saturated heterocycles. The maximum atomic E-state index is 13.4. The molecule has 7 heteroatoms. The molecule has 0 saturated carbocycles. The first kappa shape index (κ1) is 20.6. The van der Waals surface area contributed by atoms with E-state index in [1.165, 1.54) is 0 Å². The fourth-order valence-corrected chi connectivity index (χ4v) is 3.78. The Hall–Kier alpha value is -4.26. The van der Waals surface area contributed by atoms with Crippen molar-refractivity contribution in [2.45, 2.75) is 26.4 Å². The summed E-state index contributed by atoms with van der Waals surface area (Å²) in [5, 5.41) is 8.13. The van der Waals surface area contributed by atoms with Crippen LogP contribution in [-0.4, -0.2) is 25.7 Å². The zero-order valence-corrected chi connectivity index (χ0v) is 18.4.